The predicted molar refractivity (Wildman–Crippen MR) is 77.2 cm³/mol. The molecule has 112 valence electrons. The van der Waals surface area contributed by atoms with Gasteiger partial charge in [-0.1, -0.05) is 6.08 Å². The van der Waals surface area contributed by atoms with Crippen molar-refractivity contribution in [2.75, 3.05) is 13.6 Å². The maximum Gasteiger partial charge on any atom is 0.196 e. The number of ketones is 2. The number of Topliss-reactive ketones (excluding diaryl/α,β-unsaturated/α-hetero) is 1. The lowest BCUT2D eigenvalue weighted by Gasteiger charge is -2.54. The Morgan fingerprint density at radius 1 is 1.36 bits per heavy atom. The summed E-state index contributed by atoms with van der Waals surface area (Å²) in [7, 11) is 1.96. The molecule has 1 saturated heterocycles. The van der Waals surface area contributed by atoms with Gasteiger partial charge >= 0.3 is 0 Å². The van der Waals surface area contributed by atoms with Gasteiger partial charge in [-0.2, -0.15) is 0 Å². The molecule has 5 rings (SSSR count). The molecular weight excluding hydrogens is 282 g/mol. The highest BCUT2D eigenvalue weighted by atomic mass is 16.5. The van der Waals surface area contributed by atoms with E-state index in [0.29, 0.717) is 11.3 Å². The van der Waals surface area contributed by atoms with Crippen LogP contribution in [0.2, 0.25) is 0 Å². The van der Waals surface area contributed by atoms with Crippen molar-refractivity contribution in [1.29, 1.82) is 0 Å². The SMILES string of the molecule is CN1CC[C@]23c4c5ccc(O)c4O[C@@H]2C(=O)C=C[C@H]3[C@H]1C5=O. The molecule has 5 heteroatoms. The first-order valence-corrected chi connectivity index (χ1v) is 7.55. The monoisotopic (exact) mass is 297 g/mol. The zero-order valence-corrected chi connectivity index (χ0v) is 12.1. The molecule has 0 unspecified atom stereocenters. The van der Waals surface area contributed by atoms with Gasteiger partial charge in [0.25, 0.3) is 0 Å². The summed E-state index contributed by atoms with van der Waals surface area (Å²) >= 11 is 0. The van der Waals surface area contributed by atoms with E-state index < -0.39 is 11.5 Å². The summed E-state index contributed by atoms with van der Waals surface area (Å²) in [5.41, 5.74) is 0.862. The van der Waals surface area contributed by atoms with E-state index in [1.165, 1.54) is 6.07 Å². The van der Waals surface area contributed by atoms with Crippen LogP contribution in [0.1, 0.15) is 22.3 Å². The lowest BCUT2D eigenvalue weighted by molar-refractivity contribution is -0.126. The summed E-state index contributed by atoms with van der Waals surface area (Å²) in [5.74, 6) is 0.259. The molecule has 1 spiro atoms. The molecule has 1 aromatic rings. The lowest BCUT2D eigenvalue weighted by Crippen LogP contribution is -2.66. The van der Waals surface area contributed by atoms with Gasteiger partial charge in [-0.25, -0.2) is 0 Å². The van der Waals surface area contributed by atoms with Gasteiger partial charge in [0.2, 0.25) is 0 Å². The summed E-state index contributed by atoms with van der Waals surface area (Å²) in [6.45, 7) is 0.739. The Balaban J connectivity index is 1.91. The summed E-state index contributed by atoms with van der Waals surface area (Å²) in [4.78, 5) is 27.4. The number of phenolic OH excluding ortho intramolecular Hbond substituents is 1. The second kappa shape index (κ2) is 3.60. The number of phenols is 1. The van der Waals surface area contributed by atoms with Crippen molar-refractivity contribution in [2.45, 2.75) is 24.0 Å². The second-order valence-corrected chi connectivity index (χ2v) is 6.70. The zero-order chi connectivity index (χ0) is 15.2. The molecule has 0 radical (unpaired) electrons. The molecule has 1 aromatic carbocycles. The Kier molecular flexibility index (Phi) is 2.03. The van der Waals surface area contributed by atoms with Crippen LogP contribution in [0.3, 0.4) is 0 Å². The average Bonchev–Trinajstić information content (AvgIpc) is 2.85. The van der Waals surface area contributed by atoms with Crippen LogP contribution in [0.5, 0.6) is 11.5 Å². The Labute approximate surface area is 127 Å². The maximum atomic E-state index is 13.0. The smallest absolute Gasteiger partial charge is 0.196 e. The third-order valence-electron chi connectivity index (χ3n) is 5.85. The van der Waals surface area contributed by atoms with Crippen LogP contribution in [0.15, 0.2) is 24.3 Å². The summed E-state index contributed by atoms with van der Waals surface area (Å²) in [6, 6.07) is 2.91. The van der Waals surface area contributed by atoms with Crippen molar-refractivity contribution in [2.24, 2.45) is 5.92 Å². The first-order valence-electron chi connectivity index (χ1n) is 7.55. The van der Waals surface area contributed by atoms with Crippen molar-refractivity contribution in [3.63, 3.8) is 0 Å². The molecule has 2 aliphatic carbocycles. The predicted octanol–water partition coefficient (Wildman–Crippen LogP) is 1.05. The van der Waals surface area contributed by atoms with Crippen LogP contribution in [-0.4, -0.2) is 47.3 Å². The van der Waals surface area contributed by atoms with E-state index in [4.69, 9.17) is 4.74 Å². The molecule has 1 N–H and O–H groups in total. The Hall–Kier alpha value is -2.14. The number of ether oxygens (including phenoxy) is 1. The molecule has 0 aromatic heterocycles. The number of benzene rings is 1. The molecule has 0 saturated carbocycles. The highest BCUT2D eigenvalue weighted by Crippen LogP contribution is 2.61. The van der Waals surface area contributed by atoms with Crippen LogP contribution in [0.25, 0.3) is 0 Å². The molecular formula is C17H15NO4. The van der Waals surface area contributed by atoms with E-state index >= 15 is 0 Å². The van der Waals surface area contributed by atoms with Gasteiger partial charge in [-0.3, -0.25) is 14.5 Å². The largest absolute Gasteiger partial charge is 0.504 e. The van der Waals surface area contributed by atoms with Crippen LogP contribution in [-0.2, 0) is 10.2 Å². The van der Waals surface area contributed by atoms with Gasteiger partial charge in [-0.15, -0.1) is 0 Å². The number of likely N-dealkylation sites (tertiary alicyclic amines) is 1. The zero-order valence-electron chi connectivity index (χ0n) is 12.1. The molecule has 2 heterocycles. The molecule has 2 bridgehead atoms. The van der Waals surface area contributed by atoms with Gasteiger partial charge in [0.05, 0.1) is 11.5 Å². The molecule has 0 amide bonds. The molecule has 4 aliphatic rings. The molecule has 1 fully saturated rings. The Morgan fingerprint density at radius 3 is 3.00 bits per heavy atom. The van der Waals surface area contributed by atoms with Crippen molar-refractivity contribution >= 4 is 11.6 Å². The van der Waals surface area contributed by atoms with Crippen LogP contribution >= 0.6 is 0 Å². The highest BCUT2D eigenvalue weighted by molar-refractivity contribution is 6.08. The van der Waals surface area contributed by atoms with Gasteiger partial charge in [-0.05, 0) is 38.2 Å². The van der Waals surface area contributed by atoms with E-state index in [-0.39, 0.29) is 29.3 Å². The Bertz CT molecular complexity index is 783. The molecule has 4 atom stereocenters. The van der Waals surface area contributed by atoms with Crippen molar-refractivity contribution in [1.82, 2.24) is 4.90 Å². The Morgan fingerprint density at radius 2 is 2.18 bits per heavy atom. The third kappa shape index (κ3) is 1.10. The van der Waals surface area contributed by atoms with E-state index in [2.05, 4.69) is 4.90 Å². The highest BCUT2D eigenvalue weighted by Gasteiger charge is 2.66. The van der Waals surface area contributed by atoms with E-state index in [1.54, 1.807) is 12.1 Å². The normalized spacial score (nSPS) is 38.0. The minimum Gasteiger partial charge on any atom is -0.504 e. The number of aromatic hydroxyl groups is 1. The summed E-state index contributed by atoms with van der Waals surface area (Å²) in [5, 5.41) is 10.2. The van der Waals surface area contributed by atoms with E-state index in [9.17, 15) is 14.7 Å². The number of hydrogen-bond donors (Lipinski definition) is 1. The number of piperidine rings is 1. The van der Waals surface area contributed by atoms with Gasteiger partial charge in [0.1, 0.15) is 0 Å². The first kappa shape index (κ1) is 12.4. The summed E-state index contributed by atoms with van der Waals surface area (Å²) < 4.78 is 5.88. The van der Waals surface area contributed by atoms with Gasteiger partial charge in [0.15, 0.2) is 29.2 Å². The fourth-order valence-electron chi connectivity index (χ4n) is 4.93. The van der Waals surface area contributed by atoms with Crippen LogP contribution in [0.4, 0.5) is 0 Å². The van der Waals surface area contributed by atoms with E-state index in [0.717, 1.165) is 18.5 Å². The fourth-order valence-corrected chi connectivity index (χ4v) is 4.93. The number of carbonyl (C=O) groups is 2. The number of rotatable bonds is 0. The quantitative estimate of drug-likeness (QED) is 0.775. The summed E-state index contributed by atoms with van der Waals surface area (Å²) in [6.07, 6.45) is 3.56. The topological polar surface area (TPSA) is 66.8 Å². The number of likely N-dealkylation sites (N-methyl/N-ethyl adjacent to an activating group) is 1. The number of nitrogens with zero attached hydrogens (tertiary/aromatic N) is 1. The van der Waals surface area contributed by atoms with Crippen LogP contribution < -0.4 is 4.74 Å². The van der Waals surface area contributed by atoms with Crippen LogP contribution in [0, 0.1) is 5.92 Å². The molecule has 22 heavy (non-hydrogen) atoms. The lowest BCUT2D eigenvalue weighted by atomic mass is 9.53. The minimum absolute atomic E-state index is 0.0132. The maximum absolute atomic E-state index is 13.0. The first-order chi connectivity index (χ1) is 10.6. The molecule has 5 nitrogen and oxygen atoms in total. The van der Waals surface area contributed by atoms with Crippen molar-refractivity contribution < 1.29 is 19.4 Å². The van der Waals surface area contributed by atoms with Crippen molar-refractivity contribution in [3.05, 3.63) is 35.4 Å². The number of hydrogen-bond acceptors (Lipinski definition) is 5. The second-order valence-electron chi connectivity index (χ2n) is 6.70. The van der Waals surface area contributed by atoms with Crippen molar-refractivity contribution in [3.8, 4) is 11.5 Å². The average molecular weight is 297 g/mol. The van der Waals surface area contributed by atoms with E-state index in [1.807, 2.05) is 13.1 Å². The van der Waals surface area contributed by atoms with Gasteiger partial charge in [0, 0.05) is 17.0 Å². The molecule has 2 aliphatic heterocycles. The van der Waals surface area contributed by atoms with Gasteiger partial charge < -0.3 is 9.84 Å². The standard InChI is InChI=1S/C17H15NO4/c1-18-7-6-17-9-3-5-11(20)16(17)22-15-10(19)4-2-8(12(15)17)14(21)13(9)18/h2-5,9,13,16,19H,6-7H2,1H3/t9-,13-,16+,17-/m0/s1. The number of carbonyl (C=O) groups excluding carboxylic acids is 2. The third-order valence-corrected chi connectivity index (χ3v) is 5.85. The minimum atomic E-state index is -0.617. The fraction of sp³-hybridized carbons (Fsp3) is 0.412.